The van der Waals surface area contributed by atoms with Gasteiger partial charge in [0.05, 0.1) is 29.8 Å². The van der Waals surface area contributed by atoms with E-state index in [0.29, 0.717) is 60.2 Å². The van der Waals surface area contributed by atoms with Crippen molar-refractivity contribution in [1.29, 1.82) is 0 Å². The van der Waals surface area contributed by atoms with Crippen LogP contribution in [-0.2, 0) is 9.59 Å². The number of esters is 2. The molecule has 0 aromatic heterocycles. The van der Waals surface area contributed by atoms with Gasteiger partial charge < -0.3 is 18.9 Å². The maximum absolute atomic E-state index is 12.8. The van der Waals surface area contributed by atoms with Gasteiger partial charge in [0, 0.05) is 14.9 Å². The molecule has 0 fully saturated rings. The molecule has 32 heavy (non-hydrogen) atoms. The fraction of sp³-hybridized carbons (Fsp3) is 0.0833. The molecule has 0 atom stereocenters. The normalized spacial score (nSPS) is 14.1. The molecule has 0 aliphatic carbocycles. The van der Waals surface area contributed by atoms with Crippen LogP contribution in [-0.4, -0.2) is 26.2 Å². The van der Waals surface area contributed by atoms with E-state index in [1.54, 1.807) is 24.3 Å². The van der Waals surface area contributed by atoms with E-state index in [4.69, 9.17) is 18.9 Å². The van der Waals surface area contributed by atoms with E-state index in [9.17, 15) is 9.59 Å². The third-order valence-corrected chi connectivity index (χ3v) is 6.41. The molecule has 8 heteroatoms. The topological polar surface area (TPSA) is 71.1 Å². The van der Waals surface area contributed by atoms with Crippen LogP contribution in [0.25, 0.3) is 11.1 Å². The quantitative estimate of drug-likeness (QED) is 0.361. The third-order valence-electron chi connectivity index (χ3n) is 5.29. The molecule has 0 bridgehead atoms. The number of fused-ring (bicyclic) bond motifs is 2. The number of hydrogen-bond acceptors (Lipinski definition) is 6. The number of carbonyl (C=O) groups is 2. The van der Waals surface area contributed by atoms with Crippen molar-refractivity contribution in [3.8, 4) is 23.0 Å². The zero-order valence-corrected chi connectivity index (χ0v) is 20.0. The lowest BCUT2D eigenvalue weighted by atomic mass is 10.0. The van der Waals surface area contributed by atoms with Crippen LogP contribution in [0, 0.1) is 0 Å². The monoisotopic (exact) mass is 556 g/mol. The minimum Gasteiger partial charge on any atom is -0.493 e. The Hall–Kier alpha value is -3.10. The second-order valence-electron chi connectivity index (χ2n) is 7.07. The highest BCUT2D eigenvalue weighted by atomic mass is 79.9. The Morgan fingerprint density at radius 1 is 0.719 bits per heavy atom. The number of carbonyl (C=O) groups excluding carboxylic acids is 2. The fourth-order valence-corrected chi connectivity index (χ4v) is 4.74. The van der Waals surface area contributed by atoms with Crippen molar-refractivity contribution < 1.29 is 28.5 Å². The SMILES string of the molecule is COc1cc(C2=c3cc4c(cc3OC2=O)=C(c2ccc(Br)cc2)C(=O)O4)cc(Br)c1OC. The lowest BCUT2D eigenvalue weighted by molar-refractivity contribution is -0.128. The van der Waals surface area contributed by atoms with Crippen LogP contribution < -0.4 is 29.4 Å². The average molecular weight is 558 g/mol. The summed E-state index contributed by atoms with van der Waals surface area (Å²) in [6.07, 6.45) is 0. The second-order valence-corrected chi connectivity index (χ2v) is 8.84. The molecule has 0 amide bonds. The number of ether oxygens (including phenoxy) is 4. The van der Waals surface area contributed by atoms with Gasteiger partial charge in [-0.15, -0.1) is 0 Å². The highest BCUT2D eigenvalue weighted by molar-refractivity contribution is 9.10. The summed E-state index contributed by atoms with van der Waals surface area (Å²) in [5.74, 6) is 0.765. The molecular weight excluding hydrogens is 544 g/mol. The van der Waals surface area contributed by atoms with Crippen molar-refractivity contribution in [2.24, 2.45) is 0 Å². The van der Waals surface area contributed by atoms with Crippen molar-refractivity contribution in [1.82, 2.24) is 0 Å². The average Bonchev–Trinajstić information content (AvgIpc) is 3.26. The summed E-state index contributed by atoms with van der Waals surface area (Å²) < 4.78 is 23.4. The Balaban J connectivity index is 1.75. The van der Waals surface area contributed by atoms with Crippen molar-refractivity contribution in [3.63, 3.8) is 0 Å². The Labute approximate surface area is 199 Å². The van der Waals surface area contributed by atoms with Crippen LogP contribution in [0.2, 0.25) is 0 Å². The first-order chi connectivity index (χ1) is 15.4. The molecule has 2 aliphatic rings. The molecule has 5 rings (SSSR count). The first-order valence-electron chi connectivity index (χ1n) is 9.46. The highest BCUT2D eigenvalue weighted by Gasteiger charge is 2.31. The van der Waals surface area contributed by atoms with Gasteiger partial charge in [-0.2, -0.15) is 0 Å². The molecule has 160 valence electrons. The number of rotatable bonds is 4. The summed E-state index contributed by atoms with van der Waals surface area (Å²) in [6, 6.07) is 14.2. The molecule has 3 aromatic carbocycles. The smallest absolute Gasteiger partial charge is 0.344 e. The van der Waals surface area contributed by atoms with E-state index < -0.39 is 11.9 Å². The zero-order valence-electron chi connectivity index (χ0n) is 16.8. The van der Waals surface area contributed by atoms with Crippen LogP contribution in [0.3, 0.4) is 0 Å². The van der Waals surface area contributed by atoms with E-state index in [0.717, 1.165) is 4.47 Å². The second kappa shape index (κ2) is 7.79. The van der Waals surface area contributed by atoms with Crippen LogP contribution in [0.15, 0.2) is 57.5 Å². The first-order valence-corrected chi connectivity index (χ1v) is 11.0. The van der Waals surface area contributed by atoms with Gasteiger partial charge in [0.2, 0.25) is 0 Å². The van der Waals surface area contributed by atoms with Crippen LogP contribution in [0.1, 0.15) is 11.1 Å². The Morgan fingerprint density at radius 2 is 1.28 bits per heavy atom. The molecular formula is C24H14Br2O6. The summed E-state index contributed by atoms with van der Waals surface area (Å²) >= 11 is 6.85. The van der Waals surface area contributed by atoms with Gasteiger partial charge in [-0.1, -0.05) is 28.1 Å². The van der Waals surface area contributed by atoms with Crippen LogP contribution >= 0.6 is 31.9 Å². The van der Waals surface area contributed by atoms with Crippen molar-refractivity contribution in [3.05, 3.63) is 79.0 Å². The van der Waals surface area contributed by atoms with E-state index in [-0.39, 0.29) is 0 Å². The van der Waals surface area contributed by atoms with Gasteiger partial charge >= 0.3 is 11.9 Å². The van der Waals surface area contributed by atoms with E-state index in [1.165, 1.54) is 14.2 Å². The molecule has 3 aromatic rings. The molecule has 0 saturated carbocycles. The van der Waals surface area contributed by atoms with Crippen molar-refractivity contribution in [2.45, 2.75) is 0 Å². The molecule has 2 heterocycles. The Bertz CT molecular complexity index is 1440. The third kappa shape index (κ3) is 3.22. The molecule has 0 unspecified atom stereocenters. The standard InChI is InChI=1S/C24H14Br2O6/c1-29-19-8-12(7-16(26)22(19)30-2)21-15-10-17-14(9-18(15)32-24(21)28)20(23(27)31-17)11-3-5-13(25)6-4-11/h3-10H,1-2H3. The predicted octanol–water partition coefficient (Wildman–Crippen LogP) is 3.46. The number of methoxy groups -OCH3 is 2. The van der Waals surface area contributed by atoms with Gasteiger partial charge in [0.15, 0.2) is 11.5 Å². The summed E-state index contributed by atoms with van der Waals surface area (Å²) in [5, 5.41) is 1.12. The Morgan fingerprint density at radius 3 is 1.81 bits per heavy atom. The van der Waals surface area contributed by atoms with Gasteiger partial charge in [-0.25, -0.2) is 9.59 Å². The van der Waals surface area contributed by atoms with Gasteiger partial charge in [0.1, 0.15) is 11.5 Å². The molecule has 2 aliphatic heterocycles. The summed E-state index contributed by atoms with van der Waals surface area (Å²) in [6.45, 7) is 0. The maximum Gasteiger partial charge on any atom is 0.344 e. The van der Waals surface area contributed by atoms with Crippen LogP contribution in [0.5, 0.6) is 23.0 Å². The lowest BCUT2D eigenvalue weighted by Gasteiger charge is -2.11. The predicted molar refractivity (Wildman–Crippen MR) is 123 cm³/mol. The van der Waals surface area contributed by atoms with Gasteiger partial charge in [-0.3, -0.25) is 0 Å². The summed E-state index contributed by atoms with van der Waals surface area (Å²) in [5.41, 5.74) is 2.07. The minimum absolute atomic E-state index is 0.345. The highest BCUT2D eigenvalue weighted by Crippen LogP contribution is 2.39. The minimum atomic E-state index is -0.501. The van der Waals surface area contributed by atoms with E-state index in [2.05, 4.69) is 31.9 Å². The van der Waals surface area contributed by atoms with E-state index in [1.807, 2.05) is 24.3 Å². The van der Waals surface area contributed by atoms with Crippen molar-refractivity contribution in [2.75, 3.05) is 14.2 Å². The lowest BCUT2D eigenvalue weighted by Crippen LogP contribution is -2.11. The van der Waals surface area contributed by atoms with E-state index >= 15 is 0 Å². The fourth-order valence-electron chi connectivity index (χ4n) is 3.87. The van der Waals surface area contributed by atoms with Crippen LogP contribution in [0.4, 0.5) is 0 Å². The molecule has 0 saturated heterocycles. The zero-order chi connectivity index (χ0) is 22.6. The summed E-state index contributed by atoms with van der Waals surface area (Å²) in [4.78, 5) is 25.5. The largest absolute Gasteiger partial charge is 0.493 e. The maximum atomic E-state index is 12.8. The molecule has 0 N–H and O–H groups in total. The molecule has 0 radical (unpaired) electrons. The van der Waals surface area contributed by atoms with Gasteiger partial charge in [-0.05, 0) is 63.5 Å². The van der Waals surface area contributed by atoms with Crippen molar-refractivity contribution >= 4 is 54.9 Å². The number of halogens is 2. The number of benzene rings is 3. The first kappa shape index (κ1) is 20.8. The Kier molecular flexibility index (Phi) is 5.06. The molecule has 0 spiro atoms. The number of hydrogen-bond donors (Lipinski definition) is 0. The molecule has 6 nitrogen and oxygen atoms in total. The summed E-state index contributed by atoms with van der Waals surface area (Å²) in [7, 11) is 3.05. The van der Waals surface area contributed by atoms with Gasteiger partial charge in [0.25, 0.3) is 0 Å².